The minimum absolute atomic E-state index is 0.213. The zero-order valence-electron chi connectivity index (χ0n) is 10.2. The molecule has 1 aliphatic rings. The fraction of sp³-hybridized carbons (Fsp3) is 0.455. The van der Waals surface area contributed by atoms with Crippen LogP contribution in [0.4, 0.5) is 5.82 Å². The minimum Gasteiger partial charge on any atom is -0.394 e. The lowest BCUT2D eigenvalue weighted by Crippen LogP contribution is -2.24. The molecule has 1 fully saturated rings. The number of fused-ring (bicyclic) bond motifs is 1. The van der Waals surface area contributed by atoms with Gasteiger partial charge in [-0.05, 0) is 0 Å². The highest BCUT2D eigenvalue weighted by Crippen LogP contribution is 2.41. The second-order valence-corrected chi connectivity index (χ2v) is 5.28. The van der Waals surface area contributed by atoms with Gasteiger partial charge in [0, 0.05) is 6.42 Å². The van der Waals surface area contributed by atoms with Crippen molar-refractivity contribution < 1.29 is 14.9 Å². The first-order chi connectivity index (χ1) is 9.54. The number of rotatable bonds is 2. The number of nitrogens with two attached hydrogens (primary N) is 1. The van der Waals surface area contributed by atoms with Gasteiger partial charge in [0.25, 0.3) is 0 Å². The molecule has 20 heavy (non-hydrogen) atoms. The van der Waals surface area contributed by atoms with Crippen LogP contribution in [0.3, 0.4) is 0 Å². The summed E-state index contributed by atoms with van der Waals surface area (Å²) in [5, 5.41) is 19.8. The zero-order chi connectivity index (χ0) is 14.4. The Balaban J connectivity index is 2.13. The van der Waals surface area contributed by atoms with Crippen LogP contribution in [0.1, 0.15) is 12.6 Å². The molecule has 3 heterocycles. The molecule has 1 saturated heterocycles. The summed E-state index contributed by atoms with van der Waals surface area (Å²) in [7, 11) is 0. The molecule has 0 spiro atoms. The van der Waals surface area contributed by atoms with Crippen LogP contribution in [0, 0.1) is 0 Å². The summed E-state index contributed by atoms with van der Waals surface area (Å²) in [5.41, 5.74) is 6.21. The Morgan fingerprint density at radius 2 is 2.20 bits per heavy atom. The maximum atomic E-state index is 9.81. The van der Waals surface area contributed by atoms with E-state index in [9.17, 15) is 5.11 Å². The van der Waals surface area contributed by atoms with Crippen LogP contribution in [0.2, 0.25) is 10.2 Å². The predicted octanol–water partition coefficient (Wildman–Crippen LogP) is 0.961. The first-order valence-electron chi connectivity index (χ1n) is 5.94. The number of aliphatic hydroxyl groups is 2. The lowest BCUT2D eigenvalue weighted by molar-refractivity contribution is -0.0429. The van der Waals surface area contributed by atoms with E-state index in [1.807, 2.05) is 0 Å². The summed E-state index contributed by atoms with van der Waals surface area (Å²) in [6.07, 6.45) is -0.438. The predicted molar refractivity (Wildman–Crippen MR) is 73.6 cm³/mol. The summed E-state index contributed by atoms with van der Waals surface area (Å²) in [5.74, 6) is 0.220. The Morgan fingerprint density at radius 3 is 2.85 bits per heavy atom. The van der Waals surface area contributed by atoms with Crippen LogP contribution < -0.4 is 5.73 Å². The van der Waals surface area contributed by atoms with Crippen molar-refractivity contribution in [1.29, 1.82) is 0 Å². The van der Waals surface area contributed by atoms with Crippen molar-refractivity contribution >= 4 is 40.1 Å². The smallest absolute Gasteiger partial charge is 0.150 e. The standard InChI is InChI=1S/C11H12Cl2N4O3/c12-8-7-10(14)15-3-16-11(7)17(9(8)13)6-1-4(19)5(2-18)20-6/h3-6,18-19H,1-2H2,(H2,14,15,16)/t4-,5+,6+/m0/s1. The van der Waals surface area contributed by atoms with Crippen molar-refractivity contribution in [2.45, 2.75) is 24.9 Å². The molecule has 3 rings (SSSR count). The molecule has 0 radical (unpaired) electrons. The number of nitrogen functional groups attached to an aromatic ring is 1. The van der Waals surface area contributed by atoms with Crippen LogP contribution in [-0.2, 0) is 4.74 Å². The Hall–Kier alpha value is -1.12. The van der Waals surface area contributed by atoms with Crippen molar-refractivity contribution in [3.63, 3.8) is 0 Å². The van der Waals surface area contributed by atoms with E-state index < -0.39 is 18.4 Å². The molecule has 0 aliphatic carbocycles. The van der Waals surface area contributed by atoms with Gasteiger partial charge in [0.2, 0.25) is 0 Å². The molecule has 0 saturated carbocycles. The van der Waals surface area contributed by atoms with Crippen molar-refractivity contribution in [2.24, 2.45) is 0 Å². The number of anilines is 1. The van der Waals surface area contributed by atoms with E-state index in [0.717, 1.165) is 0 Å². The van der Waals surface area contributed by atoms with Gasteiger partial charge in [0.1, 0.15) is 35.3 Å². The third kappa shape index (κ3) is 1.94. The van der Waals surface area contributed by atoms with E-state index in [4.69, 9.17) is 38.8 Å². The van der Waals surface area contributed by atoms with Gasteiger partial charge in [-0.1, -0.05) is 23.2 Å². The first kappa shape index (κ1) is 13.8. The third-order valence-corrected chi connectivity index (χ3v) is 4.20. The average molecular weight is 319 g/mol. The van der Waals surface area contributed by atoms with Crippen LogP contribution in [-0.4, -0.2) is 43.6 Å². The lowest BCUT2D eigenvalue weighted by atomic mass is 10.2. The van der Waals surface area contributed by atoms with Gasteiger partial charge in [0.15, 0.2) is 0 Å². The SMILES string of the molecule is Nc1ncnc2c1c(Cl)c(Cl)n2[C@H]1C[C@H](O)[C@@H](CO)O1. The van der Waals surface area contributed by atoms with Crippen LogP contribution in [0.25, 0.3) is 11.0 Å². The number of aromatic nitrogens is 3. The molecule has 0 aromatic carbocycles. The van der Waals surface area contributed by atoms with Crippen molar-refractivity contribution in [1.82, 2.24) is 14.5 Å². The van der Waals surface area contributed by atoms with E-state index in [1.165, 1.54) is 6.33 Å². The molecule has 9 heteroatoms. The molecule has 108 valence electrons. The molecular weight excluding hydrogens is 307 g/mol. The van der Waals surface area contributed by atoms with Gasteiger partial charge in [-0.25, -0.2) is 9.97 Å². The van der Waals surface area contributed by atoms with Crippen molar-refractivity contribution in [3.05, 3.63) is 16.5 Å². The van der Waals surface area contributed by atoms with Gasteiger partial charge in [-0.15, -0.1) is 0 Å². The van der Waals surface area contributed by atoms with Gasteiger partial charge < -0.3 is 20.7 Å². The quantitative estimate of drug-likeness (QED) is 0.761. The summed E-state index contributed by atoms with van der Waals surface area (Å²) in [6.45, 7) is -0.278. The largest absolute Gasteiger partial charge is 0.394 e. The second-order valence-electron chi connectivity index (χ2n) is 4.55. The topological polar surface area (TPSA) is 106 Å². The van der Waals surface area contributed by atoms with E-state index in [-0.39, 0.29) is 29.0 Å². The number of hydrogen-bond donors (Lipinski definition) is 3. The summed E-state index contributed by atoms with van der Waals surface area (Å²) >= 11 is 12.4. The molecule has 3 atom stereocenters. The number of hydrogen-bond acceptors (Lipinski definition) is 6. The van der Waals surface area contributed by atoms with E-state index in [2.05, 4.69) is 9.97 Å². The molecule has 0 amide bonds. The third-order valence-electron chi connectivity index (χ3n) is 3.37. The summed E-state index contributed by atoms with van der Waals surface area (Å²) in [6, 6.07) is 0. The Kier molecular flexibility index (Phi) is 3.47. The highest BCUT2D eigenvalue weighted by atomic mass is 35.5. The lowest BCUT2D eigenvalue weighted by Gasteiger charge is -2.15. The molecule has 7 nitrogen and oxygen atoms in total. The number of aliphatic hydroxyl groups excluding tert-OH is 2. The Labute approximate surface area is 123 Å². The molecular formula is C11H12Cl2N4O3. The number of nitrogens with zero attached hydrogens (tertiary/aromatic N) is 3. The zero-order valence-corrected chi connectivity index (χ0v) is 11.7. The fourth-order valence-electron chi connectivity index (χ4n) is 2.38. The Bertz CT molecular complexity index is 663. The molecule has 4 N–H and O–H groups in total. The molecule has 2 aromatic rings. The Morgan fingerprint density at radius 1 is 1.45 bits per heavy atom. The van der Waals surface area contributed by atoms with E-state index in [1.54, 1.807) is 4.57 Å². The first-order valence-corrected chi connectivity index (χ1v) is 6.70. The van der Waals surface area contributed by atoms with Gasteiger partial charge in [-0.3, -0.25) is 4.57 Å². The monoisotopic (exact) mass is 318 g/mol. The van der Waals surface area contributed by atoms with Gasteiger partial charge in [-0.2, -0.15) is 0 Å². The molecule has 1 aliphatic heterocycles. The van der Waals surface area contributed by atoms with E-state index >= 15 is 0 Å². The summed E-state index contributed by atoms with van der Waals surface area (Å²) in [4.78, 5) is 8.00. The normalized spacial score (nSPS) is 26.5. The van der Waals surface area contributed by atoms with Crippen molar-refractivity contribution in [2.75, 3.05) is 12.3 Å². The van der Waals surface area contributed by atoms with Gasteiger partial charge in [0.05, 0.1) is 23.1 Å². The number of ether oxygens (including phenoxy) is 1. The van der Waals surface area contributed by atoms with Crippen molar-refractivity contribution in [3.8, 4) is 0 Å². The highest BCUT2D eigenvalue weighted by Gasteiger charge is 2.37. The highest BCUT2D eigenvalue weighted by molar-refractivity contribution is 6.45. The van der Waals surface area contributed by atoms with Crippen LogP contribution >= 0.6 is 23.2 Å². The van der Waals surface area contributed by atoms with E-state index in [0.29, 0.717) is 11.0 Å². The molecule has 0 unspecified atom stereocenters. The minimum atomic E-state index is -0.781. The fourth-order valence-corrected chi connectivity index (χ4v) is 2.94. The maximum absolute atomic E-state index is 9.81. The molecule has 0 bridgehead atoms. The second kappa shape index (κ2) is 5.01. The summed E-state index contributed by atoms with van der Waals surface area (Å²) < 4.78 is 7.12. The molecule has 2 aromatic heterocycles. The van der Waals surface area contributed by atoms with Crippen LogP contribution in [0.15, 0.2) is 6.33 Å². The maximum Gasteiger partial charge on any atom is 0.150 e. The van der Waals surface area contributed by atoms with Gasteiger partial charge >= 0.3 is 0 Å². The van der Waals surface area contributed by atoms with Crippen LogP contribution in [0.5, 0.6) is 0 Å². The average Bonchev–Trinajstić information content (AvgIpc) is 2.90. The number of halogens is 2.